The molecular weight excluding hydrogens is 423 g/mol. The lowest BCUT2D eigenvalue weighted by molar-refractivity contribution is -0.139. The summed E-state index contributed by atoms with van der Waals surface area (Å²) >= 11 is 0. The van der Waals surface area contributed by atoms with Crippen LogP contribution in [0.3, 0.4) is 0 Å². The first kappa shape index (κ1) is 23.0. The van der Waals surface area contributed by atoms with E-state index in [0.29, 0.717) is 41.2 Å². The number of amides is 2. The van der Waals surface area contributed by atoms with Crippen LogP contribution in [0.4, 0.5) is 4.39 Å². The fourth-order valence-corrected chi connectivity index (χ4v) is 4.39. The zero-order valence-corrected chi connectivity index (χ0v) is 19.4. The van der Waals surface area contributed by atoms with E-state index in [1.54, 1.807) is 42.5 Å². The number of hydrogen-bond acceptors (Lipinski definition) is 5. The molecule has 2 amide bonds. The molecule has 1 saturated heterocycles. The van der Waals surface area contributed by atoms with Gasteiger partial charge in [0, 0.05) is 18.7 Å². The number of nitrogens with zero attached hydrogens (tertiary/aromatic N) is 2. The van der Waals surface area contributed by atoms with E-state index in [0.717, 1.165) is 4.90 Å². The molecule has 0 aliphatic carbocycles. The van der Waals surface area contributed by atoms with E-state index < -0.39 is 17.6 Å². The first-order valence-corrected chi connectivity index (χ1v) is 11.3. The molecule has 2 heterocycles. The van der Waals surface area contributed by atoms with Gasteiger partial charge in [0.05, 0.1) is 30.4 Å². The molecule has 0 bridgehead atoms. The van der Waals surface area contributed by atoms with Crippen molar-refractivity contribution in [2.24, 2.45) is 0 Å². The Morgan fingerprint density at radius 1 is 1.00 bits per heavy atom. The molecule has 33 heavy (non-hydrogen) atoms. The molecule has 2 aliphatic heterocycles. The summed E-state index contributed by atoms with van der Waals surface area (Å²) < 4.78 is 25.9. The predicted molar refractivity (Wildman–Crippen MR) is 123 cm³/mol. The van der Waals surface area contributed by atoms with Crippen LogP contribution in [0, 0.1) is 5.82 Å². The molecule has 7 heteroatoms. The summed E-state index contributed by atoms with van der Waals surface area (Å²) in [6, 6.07) is 13.4. The standard InChI is InChI=1S/C26H29FN2O4/c1-16(2)32-21-11-9-19(10-12-21)23-24(28-13-17(3)33-18(4)14-28)26(31)29(25(23)30)15-20-7-5-6-8-22(20)27/h5-12,16-18H,13-15H2,1-4H3. The highest BCUT2D eigenvalue weighted by Gasteiger charge is 2.43. The molecule has 2 atom stereocenters. The highest BCUT2D eigenvalue weighted by Crippen LogP contribution is 2.35. The molecule has 0 aromatic heterocycles. The van der Waals surface area contributed by atoms with Crippen molar-refractivity contribution in [3.63, 3.8) is 0 Å². The van der Waals surface area contributed by atoms with Crippen molar-refractivity contribution in [3.8, 4) is 5.75 Å². The van der Waals surface area contributed by atoms with Gasteiger partial charge in [0.1, 0.15) is 17.3 Å². The molecule has 0 saturated carbocycles. The molecule has 2 aliphatic rings. The second-order valence-electron chi connectivity index (χ2n) is 8.86. The van der Waals surface area contributed by atoms with Crippen LogP contribution in [0.15, 0.2) is 54.2 Å². The van der Waals surface area contributed by atoms with Crippen LogP contribution in [0.2, 0.25) is 0 Å². The molecule has 174 valence electrons. The van der Waals surface area contributed by atoms with Crippen LogP contribution in [0.25, 0.3) is 5.57 Å². The van der Waals surface area contributed by atoms with E-state index in [-0.39, 0.29) is 24.9 Å². The van der Waals surface area contributed by atoms with Gasteiger partial charge in [-0.2, -0.15) is 0 Å². The van der Waals surface area contributed by atoms with Crippen LogP contribution < -0.4 is 4.74 Å². The topological polar surface area (TPSA) is 59.1 Å². The Balaban J connectivity index is 1.73. The fourth-order valence-electron chi connectivity index (χ4n) is 4.39. The Morgan fingerprint density at radius 3 is 2.24 bits per heavy atom. The Labute approximate surface area is 193 Å². The van der Waals surface area contributed by atoms with Crippen LogP contribution in [0.5, 0.6) is 5.75 Å². The summed E-state index contributed by atoms with van der Waals surface area (Å²) in [7, 11) is 0. The number of hydrogen-bond donors (Lipinski definition) is 0. The fraction of sp³-hybridized carbons (Fsp3) is 0.385. The van der Waals surface area contributed by atoms with Gasteiger partial charge in [-0.3, -0.25) is 14.5 Å². The van der Waals surface area contributed by atoms with E-state index in [2.05, 4.69) is 0 Å². The van der Waals surface area contributed by atoms with Gasteiger partial charge < -0.3 is 14.4 Å². The Hall–Kier alpha value is -3.19. The largest absolute Gasteiger partial charge is 0.491 e. The highest BCUT2D eigenvalue weighted by molar-refractivity contribution is 6.35. The van der Waals surface area contributed by atoms with Crippen molar-refractivity contribution >= 4 is 17.4 Å². The Kier molecular flexibility index (Phi) is 6.51. The van der Waals surface area contributed by atoms with Crippen molar-refractivity contribution in [1.82, 2.24) is 9.80 Å². The maximum Gasteiger partial charge on any atom is 0.278 e. The van der Waals surface area contributed by atoms with Gasteiger partial charge in [0.2, 0.25) is 0 Å². The van der Waals surface area contributed by atoms with Crippen molar-refractivity contribution in [2.75, 3.05) is 13.1 Å². The third-order valence-corrected chi connectivity index (χ3v) is 5.68. The van der Waals surface area contributed by atoms with Gasteiger partial charge in [-0.15, -0.1) is 0 Å². The number of carbonyl (C=O) groups excluding carboxylic acids is 2. The van der Waals surface area contributed by atoms with Gasteiger partial charge in [-0.25, -0.2) is 4.39 Å². The zero-order valence-electron chi connectivity index (χ0n) is 19.4. The first-order valence-electron chi connectivity index (χ1n) is 11.3. The maximum atomic E-state index is 14.3. The monoisotopic (exact) mass is 452 g/mol. The lowest BCUT2D eigenvalue weighted by Crippen LogP contribution is -2.46. The van der Waals surface area contributed by atoms with E-state index in [1.165, 1.54) is 6.07 Å². The van der Waals surface area contributed by atoms with Gasteiger partial charge in [-0.1, -0.05) is 30.3 Å². The molecule has 6 nitrogen and oxygen atoms in total. The number of morpholine rings is 1. The average molecular weight is 453 g/mol. The Bertz CT molecular complexity index is 1070. The van der Waals surface area contributed by atoms with E-state index in [9.17, 15) is 14.0 Å². The lowest BCUT2D eigenvalue weighted by atomic mass is 10.0. The number of imide groups is 1. The van der Waals surface area contributed by atoms with Gasteiger partial charge in [0.15, 0.2) is 0 Å². The normalized spacial score (nSPS) is 21.4. The van der Waals surface area contributed by atoms with Crippen molar-refractivity contribution in [3.05, 3.63) is 71.2 Å². The van der Waals surface area contributed by atoms with Crippen molar-refractivity contribution < 1.29 is 23.5 Å². The van der Waals surface area contributed by atoms with Crippen LogP contribution in [-0.2, 0) is 20.9 Å². The van der Waals surface area contributed by atoms with Crippen LogP contribution in [-0.4, -0.2) is 53.0 Å². The molecule has 1 fully saturated rings. The second kappa shape index (κ2) is 9.35. The molecule has 4 rings (SSSR count). The van der Waals surface area contributed by atoms with Crippen LogP contribution >= 0.6 is 0 Å². The average Bonchev–Trinajstić information content (AvgIpc) is 2.99. The summed E-state index contributed by atoms with van der Waals surface area (Å²) in [6.45, 7) is 8.62. The predicted octanol–water partition coefficient (Wildman–Crippen LogP) is 4.00. The van der Waals surface area contributed by atoms with Gasteiger partial charge >= 0.3 is 0 Å². The minimum atomic E-state index is -0.447. The van der Waals surface area contributed by atoms with E-state index >= 15 is 0 Å². The number of ether oxygens (including phenoxy) is 2. The third-order valence-electron chi connectivity index (χ3n) is 5.68. The molecule has 0 spiro atoms. The third kappa shape index (κ3) is 4.78. The Morgan fingerprint density at radius 2 is 1.64 bits per heavy atom. The zero-order chi connectivity index (χ0) is 23.7. The SMILES string of the molecule is CC(C)Oc1ccc(C2=C(N3CC(C)OC(C)C3)C(=O)N(Cc3ccccc3F)C2=O)cc1. The molecular formula is C26H29FN2O4. The summed E-state index contributed by atoms with van der Waals surface area (Å²) in [5, 5.41) is 0. The summed E-state index contributed by atoms with van der Waals surface area (Å²) in [5.41, 5.74) is 1.59. The summed E-state index contributed by atoms with van der Waals surface area (Å²) in [6.07, 6.45) is -0.159. The molecule has 2 aromatic carbocycles. The first-order chi connectivity index (χ1) is 15.7. The molecule has 0 radical (unpaired) electrons. The van der Waals surface area contributed by atoms with E-state index in [1.807, 2.05) is 32.6 Å². The summed E-state index contributed by atoms with van der Waals surface area (Å²) in [5.74, 6) is -0.606. The van der Waals surface area contributed by atoms with Crippen LogP contribution in [0.1, 0.15) is 38.8 Å². The van der Waals surface area contributed by atoms with E-state index in [4.69, 9.17) is 9.47 Å². The minimum Gasteiger partial charge on any atom is -0.491 e. The highest BCUT2D eigenvalue weighted by atomic mass is 19.1. The number of halogens is 1. The second-order valence-corrected chi connectivity index (χ2v) is 8.86. The number of carbonyl (C=O) groups is 2. The van der Waals surface area contributed by atoms with Crippen molar-refractivity contribution in [1.29, 1.82) is 0 Å². The quantitative estimate of drug-likeness (QED) is 0.620. The van der Waals surface area contributed by atoms with Gasteiger partial charge in [0.25, 0.3) is 11.8 Å². The van der Waals surface area contributed by atoms with Gasteiger partial charge in [-0.05, 0) is 51.5 Å². The molecule has 0 N–H and O–H groups in total. The maximum absolute atomic E-state index is 14.3. The number of benzene rings is 2. The lowest BCUT2D eigenvalue weighted by Gasteiger charge is -2.37. The molecule has 2 aromatic rings. The smallest absolute Gasteiger partial charge is 0.278 e. The molecule has 2 unspecified atom stereocenters. The summed E-state index contributed by atoms with van der Waals surface area (Å²) in [4.78, 5) is 30.2. The minimum absolute atomic E-state index is 0.0212. The number of rotatable bonds is 6. The van der Waals surface area contributed by atoms with Crippen molar-refractivity contribution in [2.45, 2.75) is 52.6 Å².